The summed E-state index contributed by atoms with van der Waals surface area (Å²) in [5.74, 6) is -1.25. The number of esters is 1. The number of carboxylic acid groups (broad SMARTS) is 1. The van der Waals surface area contributed by atoms with E-state index in [9.17, 15) is 34.2 Å². The molecule has 0 bridgehead atoms. The Morgan fingerprint density at radius 3 is 1.82 bits per heavy atom. The van der Waals surface area contributed by atoms with Crippen molar-refractivity contribution in [3.05, 3.63) is 88.8 Å². The normalized spacial score (nSPS) is 22.4. The number of fused-ring (bicyclic) bond motifs is 4. The number of hydrogen-bond acceptors (Lipinski definition) is 15. The lowest BCUT2D eigenvalue weighted by Crippen LogP contribution is -2.54. The van der Waals surface area contributed by atoms with Crippen molar-refractivity contribution in [3.8, 4) is 23.0 Å². The fourth-order valence-corrected chi connectivity index (χ4v) is 9.13. The molecule has 5 aliphatic rings. The average molecular weight is 942 g/mol. The quantitative estimate of drug-likeness (QED) is 0.165. The molecular weight excluding hydrogens is 887 g/mol. The molecule has 3 aromatic rings. The number of amides is 4. The topological polar surface area (TPSA) is 225 Å². The summed E-state index contributed by atoms with van der Waals surface area (Å²) in [5.41, 5.74) is 1.17. The van der Waals surface area contributed by atoms with Crippen LogP contribution in [-0.2, 0) is 32.2 Å². The van der Waals surface area contributed by atoms with Crippen LogP contribution in [0.1, 0.15) is 95.3 Å². The van der Waals surface area contributed by atoms with Crippen LogP contribution in [-0.4, -0.2) is 132 Å². The number of anilines is 2. The molecule has 8 rings (SSSR count). The third-order valence-corrected chi connectivity index (χ3v) is 12.2. The highest BCUT2D eigenvalue weighted by atomic mass is 16.7. The van der Waals surface area contributed by atoms with Crippen LogP contribution in [0.4, 0.5) is 21.0 Å². The lowest BCUT2D eigenvalue weighted by atomic mass is 10.1. The third-order valence-electron chi connectivity index (χ3n) is 12.2. The number of ether oxygens (including phenoxy) is 8. The van der Waals surface area contributed by atoms with Gasteiger partial charge in [0.1, 0.15) is 18.8 Å². The van der Waals surface area contributed by atoms with Crippen LogP contribution in [0.2, 0.25) is 0 Å². The van der Waals surface area contributed by atoms with Gasteiger partial charge in [0.05, 0.1) is 72.9 Å². The van der Waals surface area contributed by atoms with Crippen molar-refractivity contribution < 1.29 is 72.1 Å². The zero-order valence-corrected chi connectivity index (χ0v) is 38.8. The van der Waals surface area contributed by atoms with Crippen molar-refractivity contribution in [2.24, 2.45) is 0 Å². The van der Waals surface area contributed by atoms with Gasteiger partial charge in [-0.25, -0.2) is 24.2 Å². The molecule has 2 N–H and O–H groups in total. The maximum absolute atomic E-state index is 14.5. The Labute approximate surface area is 392 Å². The molecule has 5 aliphatic heterocycles. The number of aromatic nitrogens is 1. The number of methoxy groups -OCH3 is 3. The molecule has 2 aromatic carbocycles. The van der Waals surface area contributed by atoms with Crippen molar-refractivity contribution in [2.75, 3.05) is 50.8 Å². The van der Waals surface area contributed by atoms with E-state index in [-0.39, 0.29) is 101 Å². The van der Waals surface area contributed by atoms with Crippen LogP contribution in [0.3, 0.4) is 0 Å². The summed E-state index contributed by atoms with van der Waals surface area (Å²) in [5, 5.41) is 21.6. The molecule has 0 saturated carbocycles. The standard InChI is InChI=1S/C48H55N5O15/c1-25-13-34-43(56)52(46(58)59)32-19-38(36(61-6)17-30(32)41(54)50(34)21-25)65-23-28-15-27(45(57)63-8)16-29(49-28)24-66-39-20-33-31(18-37(39)62-7)42(55)51-22-26(2)14-35(51)44(67-40-11-9-10-12-64-40)53(33)47(60)68-48(3,4)5/h15-20,34-35,40,43-44,56H,1-2,9-14,21-24H2,3-8H3,(H,58,59)/t34-,35-,40?,43-,44-/m0/s1. The maximum Gasteiger partial charge on any atom is 0.417 e. The van der Waals surface area contributed by atoms with Crippen molar-refractivity contribution >= 4 is 41.3 Å². The monoisotopic (exact) mass is 941 g/mol. The van der Waals surface area contributed by atoms with E-state index in [4.69, 9.17) is 37.9 Å². The summed E-state index contributed by atoms with van der Waals surface area (Å²) >= 11 is 0. The number of aliphatic hydroxyl groups is 1. The summed E-state index contributed by atoms with van der Waals surface area (Å²) < 4.78 is 47.5. The zero-order chi connectivity index (χ0) is 48.8. The van der Waals surface area contributed by atoms with Gasteiger partial charge in [-0.3, -0.25) is 14.6 Å². The van der Waals surface area contributed by atoms with E-state index in [2.05, 4.69) is 18.1 Å². The SMILES string of the molecule is C=C1C[C@H]2[C@H](O)N(C(=O)O)c3cc(OCc4cc(C(=O)OC)cc(COc5cc6c(cc5OC)C(=O)N5CC(=C)C[C@H]5[C@H](OC5CCCCO5)N6C(=O)OC(C)(C)C)n4)c(OC)cc3C(=O)N2C1. The van der Waals surface area contributed by atoms with Gasteiger partial charge < -0.3 is 57.9 Å². The minimum absolute atomic E-state index is 0.00737. The Morgan fingerprint density at radius 1 is 0.779 bits per heavy atom. The van der Waals surface area contributed by atoms with E-state index in [0.717, 1.165) is 18.4 Å². The minimum atomic E-state index is -1.61. The van der Waals surface area contributed by atoms with Crippen LogP contribution < -0.4 is 28.7 Å². The first-order valence-electron chi connectivity index (χ1n) is 22.1. The second-order valence-electron chi connectivity index (χ2n) is 18.1. The molecule has 3 saturated heterocycles. The van der Waals surface area contributed by atoms with Crippen LogP contribution in [0.25, 0.3) is 0 Å². The molecule has 1 aromatic heterocycles. The molecule has 68 heavy (non-hydrogen) atoms. The predicted molar refractivity (Wildman–Crippen MR) is 241 cm³/mol. The molecule has 3 fully saturated rings. The van der Waals surface area contributed by atoms with Gasteiger partial charge in [-0.1, -0.05) is 24.3 Å². The molecular formula is C48H55N5O15. The van der Waals surface area contributed by atoms with Gasteiger partial charge in [-0.2, -0.15) is 0 Å². The van der Waals surface area contributed by atoms with Gasteiger partial charge in [-0.05, 0) is 77.1 Å². The Morgan fingerprint density at radius 2 is 1.32 bits per heavy atom. The van der Waals surface area contributed by atoms with Crippen molar-refractivity contribution in [3.63, 3.8) is 0 Å². The number of hydrogen-bond donors (Lipinski definition) is 2. The van der Waals surface area contributed by atoms with Crippen molar-refractivity contribution in [1.82, 2.24) is 14.8 Å². The van der Waals surface area contributed by atoms with Gasteiger partial charge in [0.25, 0.3) is 11.8 Å². The Balaban J connectivity index is 1.12. The lowest BCUT2D eigenvalue weighted by molar-refractivity contribution is -0.195. The number of carbonyl (C=O) groups excluding carboxylic acids is 4. The lowest BCUT2D eigenvalue weighted by Gasteiger charge is -2.39. The van der Waals surface area contributed by atoms with Gasteiger partial charge in [-0.15, -0.1) is 0 Å². The molecule has 1 unspecified atom stereocenters. The Bertz CT molecular complexity index is 2550. The Kier molecular flexibility index (Phi) is 13.3. The number of rotatable bonds is 11. The first-order valence-corrected chi connectivity index (χ1v) is 22.1. The minimum Gasteiger partial charge on any atom is -0.493 e. The highest BCUT2D eigenvalue weighted by Gasteiger charge is 2.50. The first-order chi connectivity index (χ1) is 32.4. The third kappa shape index (κ3) is 9.35. The first kappa shape index (κ1) is 47.6. The number of pyridine rings is 1. The van der Waals surface area contributed by atoms with Gasteiger partial charge >= 0.3 is 18.2 Å². The van der Waals surface area contributed by atoms with Crippen LogP contribution in [0.5, 0.6) is 23.0 Å². The average Bonchev–Trinajstić information content (AvgIpc) is 3.86. The fraction of sp³-hybridized carbons (Fsp3) is 0.458. The van der Waals surface area contributed by atoms with E-state index in [1.807, 2.05) is 0 Å². The van der Waals surface area contributed by atoms with Crippen LogP contribution in [0, 0.1) is 0 Å². The van der Waals surface area contributed by atoms with E-state index >= 15 is 0 Å². The fourth-order valence-electron chi connectivity index (χ4n) is 9.13. The van der Waals surface area contributed by atoms with E-state index in [1.165, 1.54) is 67.5 Å². The van der Waals surface area contributed by atoms with Crippen LogP contribution in [0.15, 0.2) is 60.7 Å². The summed E-state index contributed by atoms with van der Waals surface area (Å²) in [7, 11) is 3.98. The van der Waals surface area contributed by atoms with Crippen molar-refractivity contribution in [2.45, 2.75) is 103 Å². The predicted octanol–water partition coefficient (Wildman–Crippen LogP) is 6.03. The molecule has 20 nitrogen and oxygen atoms in total. The second kappa shape index (κ2) is 19.0. The van der Waals surface area contributed by atoms with E-state index in [1.54, 1.807) is 25.7 Å². The Hall–Kier alpha value is -6.90. The molecule has 362 valence electrons. The zero-order valence-electron chi connectivity index (χ0n) is 38.8. The molecule has 4 amide bonds. The summed E-state index contributed by atoms with van der Waals surface area (Å²) in [4.78, 5) is 78.1. The summed E-state index contributed by atoms with van der Waals surface area (Å²) in [6.45, 7) is 13.6. The molecule has 20 heteroatoms. The van der Waals surface area contributed by atoms with E-state index in [0.29, 0.717) is 29.9 Å². The van der Waals surface area contributed by atoms with Gasteiger partial charge in [0.2, 0.25) is 0 Å². The number of carbonyl (C=O) groups is 5. The maximum atomic E-state index is 14.5. The second-order valence-corrected chi connectivity index (χ2v) is 18.1. The summed E-state index contributed by atoms with van der Waals surface area (Å²) in [6, 6.07) is 7.05. The number of benzene rings is 2. The van der Waals surface area contributed by atoms with Gasteiger partial charge in [0.15, 0.2) is 41.7 Å². The number of nitrogens with zero attached hydrogens (tertiary/aromatic N) is 5. The van der Waals surface area contributed by atoms with Gasteiger partial charge in [0, 0.05) is 31.8 Å². The summed E-state index contributed by atoms with van der Waals surface area (Å²) in [6.07, 6.45) is -2.70. The van der Waals surface area contributed by atoms with E-state index < -0.39 is 60.5 Å². The molecule has 0 radical (unpaired) electrons. The smallest absolute Gasteiger partial charge is 0.417 e. The highest BCUT2D eigenvalue weighted by molar-refractivity contribution is 6.07. The molecule has 5 atom stereocenters. The number of aliphatic hydroxyl groups excluding tert-OH is 1. The molecule has 0 aliphatic carbocycles. The molecule has 6 heterocycles. The van der Waals surface area contributed by atoms with Crippen molar-refractivity contribution in [1.29, 1.82) is 0 Å². The largest absolute Gasteiger partial charge is 0.493 e. The highest BCUT2D eigenvalue weighted by Crippen LogP contribution is 2.45. The molecule has 0 spiro atoms. The van der Waals surface area contributed by atoms with Crippen LogP contribution >= 0.6 is 0 Å².